The van der Waals surface area contributed by atoms with Gasteiger partial charge in [0.05, 0.1) is 5.60 Å². The summed E-state index contributed by atoms with van der Waals surface area (Å²) in [6.07, 6.45) is 1.29. The summed E-state index contributed by atoms with van der Waals surface area (Å²) in [7, 11) is 0. The van der Waals surface area contributed by atoms with Crippen LogP contribution in [0.4, 0.5) is 4.39 Å². The van der Waals surface area contributed by atoms with Gasteiger partial charge in [0.2, 0.25) is 0 Å². The van der Waals surface area contributed by atoms with E-state index in [0.717, 1.165) is 12.1 Å². The molecule has 3 heteroatoms. The second kappa shape index (κ2) is 7.86. The zero-order valence-electron chi connectivity index (χ0n) is 16.1. The lowest BCUT2D eigenvalue weighted by atomic mass is 9.78. The summed E-state index contributed by atoms with van der Waals surface area (Å²) < 4.78 is 13.5. The Morgan fingerprint density at radius 2 is 1.32 bits per heavy atom. The quantitative estimate of drug-likeness (QED) is 0.636. The molecule has 2 nitrogen and oxygen atoms in total. The van der Waals surface area contributed by atoms with Gasteiger partial charge in [0, 0.05) is 18.6 Å². The molecule has 4 rings (SSSR count). The topological polar surface area (TPSA) is 23.5 Å². The molecule has 0 bridgehead atoms. The third kappa shape index (κ3) is 4.16. The molecule has 1 saturated heterocycles. The molecule has 0 aliphatic carbocycles. The van der Waals surface area contributed by atoms with E-state index in [1.165, 1.54) is 23.3 Å². The smallest absolute Gasteiger partial charge is 0.123 e. The van der Waals surface area contributed by atoms with Crippen molar-refractivity contribution >= 4 is 0 Å². The van der Waals surface area contributed by atoms with E-state index >= 15 is 0 Å². The van der Waals surface area contributed by atoms with Crippen LogP contribution >= 0.6 is 0 Å². The molecular formula is C25H26FNO. The number of rotatable bonds is 4. The van der Waals surface area contributed by atoms with Crippen molar-refractivity contribution in [1.29, 1.82) is 0 Å². The lowest BCUT2D eigenvalue weighted by Gasteiger charge is -2.48. The SMILES string of the molecule is CC1(O)C[C@H](c2ccc(F)cc2)N(Cc2ccccc2)[C@H](c2ccccc2)C1. The highest BCUT2D eigenvalue weighted by atomic mass is 19.1. The summed E-state index contributed by atoms with van der Waals surface area (Å²) >= 11 is 0. The lowest BCUT2D eigenvalue weighted by molar-refractivity contribution is -0.0694. The second-order valence-corrected chi connectivity index (χ2v) is 8.06. The van der Waals surface area contributed by atoms with Gasteiger partial charge < -0.3 is 5.11 Å². The number of likely N-dealkylation sites (tertiary alicyclic amines) is 1. The van der Waals surface area contributed by atoms with Crippen molar-refractivity contribution in [3.8, 4) is 0 Å². The molecule has 1 aliphatic rings. The molecule has 0 saturated carbocycles. The molecular weight excluding hydrogens is 349 g/mol. The molecule has 1 aliphatic heterocycles. The molecule has 1 fully saturated rings. The highest BCUT2D eigenvalue weighted by molar-refractivity contribution is 5.27. The first-order valence-corrected chi connectivity index (χ1v) is 9.84. The van der Waals surface area contributed by atoms with E-state index in [2.05, 4.69) is 41.3 Å². The van der Waals surface area contributed by atoms with E-state index in [4.69, 9.17) is 0 Å². The van der Waals surface area contributed by atoms with Crippen molar-refractivity contribution in [2.75, 3.05) is 0 Å². The number of benzene rings is 3. The summed E-state index contributed by atoms with van der Waals surface area (Å²) in [5, 5.41) is 11.1. The summed E-state index contributed by atoms with van der Waals surface area (Å²) in [6, 6.07) is 27.6. The average molecular weight is 375 g/mol. The molecule has 3 aromatic carbocycles. The first kappa shape index (κ1) is 18.9. The first-order chi connectivity index (χ1) is 13.5. The standard InChI is InChI=1S/C25H26FNO/c1-25(28)16-23(20-10-6-3-7-11-20)27(18-19-8-4-2-5-9-19)24(17-25)21-12-14-22(26)15-13-21/h2-15,23-24,28H,16-18H2,1H3/t23-,24+,25?/m0/s1. The Bertz CT molecular complexity index is 893. The van der Waals surface area contributed by atoms with E-state index < -0.39 is 5.60 Å². The van der Waals surface area contributed by atoms with Crippen molar-refractivity contribution in [1.82, 2.24) is 4.90 Å². The molecule has 0 aromatic heterocycles. The van der Waals surface area contributed by atoms with Crippen molar-refractivity contribution in [3.63, 3.8) is 0 Å². The zero-order chi connectivity index (χ0) is 19.6. The van der Waals surface area contributed by atoms with Crippen LogP contribution in [0.15, 0.2) is 84.9 Å². The maximum absolute atomic E-state index is 13.5. The number of hydrogen-bond donors (Lipinski definition) is 1. The highest BCUT2D eigenvalue weighted by Crippen LogP contribution is 2.46. The Morgan fingerprint density at radius 3 is 1.89 bits per heavy atom. The highest BCUT2D eigenvalue weighted by Gasteiger charge is 2.42. The lowest BCUT2D eigenvalue weighted by Crippen LogP contribution is -2.46. The predicted molar refractivity (Wildman–Crippen MR) is 110 cm³/mol. The van der Waals surface area contributed by atoms with E-state index in [0.29, 0.717) is 12.8 Å². The van der Waals surface area contributed by atoms with Crippen LogP contribution in [0.3, 0.4) is 0 Å². The molecule has 3 aromatic rings. The van der Waals surface area contributed by atoms with E-state index in [-0.39, 0.29) is 17.9 Å². The number of nitrogens with zero attached hydrogens (tertiary/aromatic N) is 1. The third-order valence-corrected chi connectivity index (χ3v) is 5.71. The first-order valence-electron chi connectivity index (χ1n) is 9.84. The average Bonchev–Trinajstić information content (AvgIpc) is 2.71. The minimum Gasteiger partial charge on any atom is -0.390 e. The van der Waals surface area contributed by atoms with Gasteiger partial charge in [-0.1, -0.05) is 72.8 Å². The van der Waals surface area contributed by atoms with Gasteiger partial charge >= 0.3 is 0 Å². The minimum atomic E-state index is -0.785. The van der Waals surface area contributed by atoms with E-state index in [1.807, 2.05) is 43.3 Å². The normalized spacial score (nSPS) is 25.5. The molecule has 3 atom stereocenters. The Hall–Kier alpha value is -2.49. The van der Waals surface area contributed by atoms with Crippen LogP contribution in [0.1, 0.15) is 48.5 Å². The Kier molecular flexibility index (Phi) is 5.29. The van der Waals surface area contributed by atoms with Crippen LogP contribution in [0.5, 0.6) is 0 Å². The molecule has 0 amide bonds. The Labute approximate surface area is 166 Å². The van der Waals surface area contributed by atoms with Crippen LogP contribution < -0.4 is 0 Å². The van der Waals surface area contributed by atoms with Gasteiger partial charge in [-0.2, -0.15) is 0 Å². The maximum atomic E-state index is 13.5. The zero-order valence-corrected chi connectivity index (χ0v) is 16.1. The third-order valence-electron chi connectivity index (χ3n) is 5.71. The predicted octanol–water partition coefficient (Wildman–Crippen LogP) is 5.66. The fourth-order valence-corrected chi connectivity index (χ4v) is 4.36. The summed E-state index contributed by atoms with van der Waals surface area (Å²) in [5.74, 6) is -0.236. The monoisotopic (exact) mass is 375 g/mol. The molecule has 0 spiro atoms. The van der Waals surface area contributed by atoms with Gasteiger partial charge in [0.25, 0.3) is 0 Å². The van der Waals surface area contributed by atoms with Gasteiger partial charge in [0.15, 0.2) is 0 Å². The van der Waals surface area contributed by atoms with Crippen LogP contribution in [0, 0.1) is 5.82 Å². The number of aliphatic hydroxyl groups is 1. The molecule has 1 unspecified atom stereocenters. The molecule has 28 heavy (non-hydrogen) atoms. The Morgan fingerprint density at radius 1 is 0.821 bits per heavy atom. The van der Waals surface area contributed by atoms with Crippen LogP contribution in [0.2, 0.25) is 0 Å². The van der Waals surface area contributed by atoms with E-state index in [1.54, 1.807) is 0 Å². The van der Waals surface area contributed by atoms with Crippen LogP contribution in [0.25, 0.3) is 0 Å². The molecule has 1 N–H and O–H groups in total. The number of hydrogen-bond acceptors (Lipinski definition) is 2. The van der Waals surface area contributed by atoms with Crippen molar-refractivity contribution in [3.05, 3.63) is 107 Å². The maximum Gasteiger partial charge on any atom is 0.123 e. The number of piperidine rings is 1. The largest absolute Gasteiger partial charge is 0.390 e. The fourth-order valence-electron chi connectivity index (χ4n) is 4.36. The van der Waals surface area contributed by atoms with Gasteiger partial charge in [-0.05, 0) is 48.6 Å². The minimum absolute atomic E-state index is 0.00904. The summed E-state index contributed by atoms with van der Waals surface area (Å²) in [6.45, 7) is 2.69. The van der Waals surface area contributed by atoms with E-state index in [9.17, 15) is 9.50 Å². The fraction of sp³-hybridized carbons (Fsp3) is 0.280. The van der Waals surface area contributed by atoms with Crippen molar-refractivity contribution < 1.29 is 9.50 Å². The van der Waals surface area contributed by atoms with Gasteiger partial charge in [0.1, 0.15) is 5.82 Å². The number of halogens is 1. The summed E-state index contributed by atoms with van der Waals surface area (Å²) in [5.41, 5.74) is 2.69. The summed E-state index contributed by atoms with van der Waals surface area (Å²) in [4.78, 5) is 2.45. The molecule has 1 heterocycles. The van der Waals surface area contributed by atoms with Crippen LogP contribution in [-0.4, -0.2) is 15.6 Å². The molecule has 0 radical (unpaired) electrons. The van der Waals surface area contributed by atoms with Crippen LogP contribution in [-0.2, 0) is 6.54 Å². The van der Waals surface area contributed by atoms with Gasteiger partial charge in [-0.3, -0.25) is 4.90 Å². The van der Waals surface area contributed by atoms with Gasteiger partial charge in [-0.15, -0.1) is 0 Å². The van der Waals surface area contributed by atoms with Gasteiger partial charge in [-0.25, -0.2) is 4.39 Å². The molecule has 144 valence electrons. The van der Waals surface area contributed by atoms with Crippen molar-refractivity contribution in [2.45, 2.75) is 44.0 Å². The second-order valence-electron chi connectivity index (χ2n) is 8.06. The Balaban J connectivity index is 1.77. The van der Waals surface area contributed by atoms with Crippen molar-refractivity contribution in [2.24, 2.45) is 0 Å².